The molecular weight excluding hydrogens is 180 g/mol. The largest absolute Gasteiger partial charge is 0.411 e. The first-order valence-electron chi connectivity index (χ1n) is 3.47. The van der Waals surface area contributed by atoms with E-state index in [1.807, 2.05) is 0 Å². The minimum Gasteiger partial charge on any atom is -0.411 e. The zero-order valence-corrected chi connectivity index (χ0v) is 6.54. The number of halogens is 2. The van der Waals surface area contributed by atoms with E-state index in [4.69, 9.17) is 10.3 Å². The molecule has 13 heavy (non-hydrogen) atoms. The molecule has 0 amide bonds. The van der Waals surface area contributed by atoms with Crippen LogP contribution in [0.4, 0.5) is 8.78 Å². The maximum atomic E-state index is 12.9. The quantitative estimate of drug-likeness (QED) is 0.414. The minimum absolute atomic E-state index is 0.245. The van der Waals surface area contributed by atoms with Crippen LogP contribution in [0.3, 0.4) is 0 Å². The molecule has 70 valence electrons. The van der Waals surface area contributed by atoms with Gasteiger partial charge in [0.05, 0.1) is 6.61 Å². The summed E-state index contributed by atoms with van der Waals surface area (Å²) in [5, 5.41) is 19.6. The van der Waals surface area contributed by atoms with Gasteiger partial charge in [0, 0.05) is 5.56 Å². The molecule has 1 aromatic carbocycles. The van der Waals surface area contributed by atoms with E-state index in [1.54, 1.807) is 0 Å². The molecule has 0 heterocycles. The molecular formula is C8H7F2NO2. The fourth-order valence-corrected chi connectivity index (χ4v) is 0.897. The predicted molar refractivity (Wildman–Crippen MR) is 41.8 cm³/mol. The van der Waals surface area contributed by atoms with Gasteiger partial charge >= 0.3 is 0 Å². The normalized spacial score (nSPS) is 11.8. The van der Waals surface area contributed by atoms with Gasteiger partial charge in [-0.2, -0.15) is 0 Å². The Morgan fingerprint density at radius 1 is 1.38 bits per heavy atom. The van der Waals surface area contributed by atoms with Crippen LogP contribution in [0.2, 0.25) is 0 Å². The van der Waals surface area contributed by atoms with Gasteiger partial charge in [0.25, 0.3) is 0 Å². The molecule has 0 saturated carbocycles. The standard InChI is InChI=1S/C8H7F2NO2/c9-6-3-1-2-5(8(6)10)7(4-12)11-13/h1-3,12-13H,4H2/b11-7+. The lowest BCUT2D eigenvalue weighted by atomic mass is 10.1. The Bertz CT molecular complexity index is 339. The van der Waals surface area contributed by atoms with Crippen LogP contribution < -0.4 is 0 Å². The molecule has 0 unspecified atom stereocenters. The van der Waals surface area contributed by atoms with E-state index in [1.165, 1.54) is 12.1 Å². The fraction of sp³-hybridized carbons (Fsp3) is 0.125. The number of aliphatic hydroxyl groups excluding tert-OH is 1. The second kappa shape index (κ2) is 3.95. The lowest BCUT2D eigenvalue weighted by Gasteiger charge is -2.02. The van der Waals surface area contributed by atoms with Crippen molar-refractivity contribution >= 4 is 5.71 Å². The Hall–Kier alpha value is -1.49. The monoisotopic (exact) mass is 187 g/mol. The first-order chi connectivity index (χ1) is 6.20. The summed E-state index contributed by atoms with van der Waals surface area (Å²) < 4.78 is 25.6. The van der Waals surface area contributed by atoms with Gasteiger partial charge in [-0.25, -0.2) is 8.78 Å². The molecule has 0 spiro atoms. The van der Waals surface area contributed by atoms with Crippen molar-refractivity contribution < 1.29 is 19.1 Å². The van der Waals surface area contributed by atoms with E-state index in [0.717, 1.165) is 6.07 Å². The summed E-state index contributed by atoms with van der Waals surface area (Å²) in [6.45, 7) is -0.656. The maximum Gasteiger partial charge on any atom is 0.168 e. The van der Waals surface area contributed by atoms with Crippen molar-refractivity contribution in [3.05, 3.63) is 35.4 Å². The van der Waals surface area contributed by atoms with Crippen molar-refractivity contribution in [2.24, 2.45) is 5.16 Å². The number of aliphatic hydroxyl groups is 1. The van der Waals surface area contributed by atoms with Crippen LogP contribution >= 0.6 is 0 Å². The number of benzene rings is 1. The molecule has 0 radical (unpaired) electrons. The van der Waals surface area contributed by atoms with Crippen LogP contribution in [0.15, 0.2) is 23.4 Å². The number of hydrogen-bond acceptors (Lipinski definition) is 3. The minimum atomic E-state index is -1.13. The van der Waals surface area contributed by atoms with E-state index in [0.29, 0.717) is 0 Å². The first-order valence-corrected chi connectivity index (χ1v) is 3.47. The summed E-state index contributed by atoms with van der Waals surface area (Å²) >= 11 is 0. The predicted octanol–water partition coefficient (Wildman–Crippen LogP) is 1.14. The molecule has 0 aliphatic carbocycles. The summed E-state index contributed by atoms with van der Waals surface area (Å²) in [4.78, 5) is 0. The summed E-state index contributed by atoms with van der Waals surface area (Å²) in [5.74, 6) is -2.18. The lowest BCUT2D eigenvalue weighted by Crippen LogP contribution is -2.09. The molecule has 2 N–H and O–H groups in total. The van der Waals surface area contributed by atoms with E-state index >= 15 is 0 Å². The highest BCUT2D eigenvalue weighted by molar-refractivity contribution is 6.01. The van der Waals surface area contributed by atoms with E-state index in [2.05, 4.69) is 5.16 Å². The second-order valence-corrected chi connectivity index (χ2v) is 2.31. The molecule has 3 nitrogen and oxygen atoms in total. The third-order valence-corrected chi connectivity index (χ3v) is 1.53. The Morgan fingerprint density at radius 3 is 2.62 bits per heavy atom. The molecule has 0 fully saturated rings. The van der Waals surface area contributed by atoms with Crippen LogP contribution in [0.5, 0.6) is 0 Å². The number of hydrogen-bond donors (Lipinski definition) is 2. The van der Waals surface area contributed by atoms with Gasteiger partial charge in [-0.15, -0.1) is 0 Å². The van der Waals surface area contributed by atoms with Crippen molar-refractivity contribution in [3.63, 3.8) is 0 Å². The van der Waals surface area contributed by atoms with E-state index < -0.39 is 18.2 Å². The van der Waals surface area contributed by atoms with Crippen molar-refractivity contribution in [1.82, 2.24) is 0 Å². The van der Waals surface area contributed by atoms with Gasteiger partial charge in [0.15, 0.2) is 11.6 Å². The molecule has 0 aliphatic heterocycles. The Kier molecular flexibility index (Phi) is 2.92. The van der Waals surface area contributed by atoms with Gasteiger partial charge in [-0.05, 0) is 12.1 Å². The van der Waals surface area contributed by atoms with Crippen LogP contribution in [0.1, 0.15) is 5.56 Å². The number of rotatable bonds is 2. The van der Waals surface area contributed by atoms with Crippen LogP contribution in [0.25, 0.3) is 0 Å². The molecule has 0 aromatic heterocycles. The average Bonchev–Trinajstić information content (AvgIpc) is 2.14. The number of oxime groups is 1. The van der Waals surface area contributed by atoms with Crippen LogP contribution in [0, 0.1) is 11.6 Å². The molecule has 0 bridgehead atoms. The topological polar surface area (TPSA) is 52.8 Å². The molecule has 0 atom stereocenters. The zero-order valence-electron chi connectivity index (χ0n) is 6.54. The second-order valence-electron chi connectivity index (χ2n) is 2.31. The van der Waals surface area contributed by atoms with Gasteiger partial charge in [0.2, 0.25) is 0 Å². The Labute approximate surface area is 72.9 Å². The third-order valence-electron chi connectivity index (χ3n) is 1.53. The third kappa shape index (κ3) is 1.81. The highest BCUT2D eigenvalue weighted by Gasteiger charge is 2.12. The van der Waals surface area contributed by atoms with Gasteiger partial charge < -0.3 is 10.3 Å². The molecule has 5 heteroatoms. The van der Waals surface area contributed by atoms with Gasteiger partial charge in [-0.3, -0.25) is 0 Å². The zero-order chi connectivity index (χ0) is 9.84. The molecule has 0 aliphatic rings. The van der Waals surface area contributed by atoms with Crippen molar-refractivity contribution in [1.29, 1.82) is 0 Å². The Balaban J connectivity index is 3.22. The van der Waals surface area contributed by atoms with Gasteiger partial charge in [-0.1, -0.05) is 11.2 Å². The SMILES string of the molecule is OC/C(=N\O)c1cccc(F)c1F. The van der Waals surface area contributed by atoms with E-state index in [-0.39, 0.29) is 11.3 Å². The van der Waals surface area contributed by atoms with E-state index in [9.17, 15) is 8.78 Å². The smallest absolute Gasteiger partial charge is 0.168 e. The number of nitrogens with zero attached hydrogens (tertiary/aromatic N) is 1. The lowest BCUT2D eigenvalue weighted by molar-refractivity contribution is 0.303. The summed E-state index contributed by atoms with van der Waals surface area (Å²) in [7, 11) is 0. The van der Waals surface area contributed by atoms with Crippen molar-refractivity contribution in [2.45, 2.75) is 0 Å². The average molecular weight is 187 g/mol. The van der Waals surface area contributed by atoms with Crippen molar-refractivity contribution in [3.8, 4) is 0 Å². The first kappa shape index (κ1) is 9.60. The van der Waals surface area contributed by atoms with Gasteiger partial charge in [0.1, 0.15) is 5.71 Å². The summed E-state index contributed by atoms with van der Waals surface area (Å²) in [6, 6.07) is 3.41. The van der Waals surface area contributed by atoms with Crippen molar-refractivity contribution in [2.75, 3.05) is 6.61 Å². The summed E-state index contributed by atoms with van der Waals surface area (Å²) in [6.07, 6.45) is 0. The molecule has 1 aromatic rings. The summed E-state index contributed by atoms with van der Waals surface area (Å²) in [5.41, 5.74) is -0.554. The highest BCUT2D eigenvalue weighted by Crippen LogP contribution is 2.11. The van der Waals surface area contributed by atoms with Crippen LogP contribution in [-0.4, -0.2) is 22.6 Å². The fourth-order valence-electron chi connectivity index (χ4n) is 0.897. The molecule has 1 rings (SSSR count). The van der Waals surface area contributed by atoms with Crippen LogP contribution in [-0.2, 0) is 0 Å². The maximum absolute atomic E-state index is 12.9. The Morgan fingerprint density at radius 2 is 2.08 bits per heavy atom. The molecule has 0 saturated heterocycles. The highest BCUT2D eigenvalue weighted by atomic mass is 19.2.